The van der Waals surface area contributed by atoms with Crippen molar-refractivity contribution in [1.29, 1.82) is 0 Å². The van der Waals surface area contributed by atoms with Crippen LogP contribution in [0.2, 0.25) is 0 Å². The van der Waals surface area contributed by atoms with Gasteiger partial charge in [-0.05, 0) is 25.0 Å². The maximum absolute atomic E-state index is 5.04. The molecule has 2 aromatic rings. The average Bonchev–Trinajstić information content (AvgIpc) is 2.76. The number of methoxy groups -OCH3 is 1. The minimum Gasteiger partial charge on any atom is -0.385 e. The minimum absolute atomic E-state index is 0.759. The lowest BCUT2D eigenvalue weighted by Gasteiger charge is -2.09. The molecule has 5 nitrogen and oxygen atoms in total. The summed E-state index contributed by atoms with van der Waals surface area (Å²) in [5.74, 6) is 0.900. The molecule has 0 saturated heterocycles. The maximum atomic E-state index is 5.04. The van der Waals surface area contributed by atoms with Crippen molar-refractivity contribution in [2.45, 2.75) is 19.9 Å². The monoisotopic (exact) mass is 260 g/mol. The van der Waals surface area contributed by atoms with E-state index in [1.807, 2.05) is 25.4 Å². The molecule has 0 atom stereocenters. The molecule has 0 aliphatic carbocycles. The van der Waals surface area contributed by atoms with Crippen LogP contribution in [0.5, 0.6) is 0 Å². The van der Waals surface area contributed by atoms with Crippen LogP contribution in [0.15, 0.2) is 30.7 Å². The molecular formula is C14H20N4O. The largest absolute Gasteiger partial charge is 0.385 e. The zero-order valence-electron chi connectivity index (χ0n) is 11.5. The van der Waals surface area contributed by atoms with Crippen LogP contribution in [0, 0.1) is 6.92 Å². The SMILES string of the molecule is COCCCNc1nc(C)cn1Cc1cccnc1. The predicted molar refractivity (Wildman–Crippen MR) is 75.3 cm³/mol. The zero-order valence-corrected chi connectivity index (χ0v) is 11.5. The number of nitrogens with zero attached hydrogens (tertiary/aromatic N) is 3. The van der Waals surface area contributed by atoms with Gasteiger partial charge in [0.2, 0.25) is 5.95 Å². The number of rotatable bonds is 7. The van der Waals surface area contributed by atoms with Crippen LogP contribution in [0.3, 0.4) is 0 Å². The first-order chi connectivity index (χ1) is 9.29. The second-order valence-corrected chi connectivity index (χ2v) is 4.47. The standard InChI is InChI=1S/C14H20N4O/c1-12-10-18(11-13-5-3-6-15-9-13)14(17-12)16-7-4-8-19-2/h3,5-6,9-10H,4,7-8,11H2,1-2H3,(H,16,17). The second-order valence-electron chi connectivity index (χ2n) is 4.47. The number of aryl methyl sites for hydroxylation is 1. The smallest absolute Gasteiger partial charge is 0.203 e. The summed E-state index contributed by atoms with van der Waals surface area (Å²) in [7, 11) is 1.72. The van der Waals surface area contributed by atoms with Crippen molar-refractivity contribution in [2.75, 3.05) is 25.6 Å². The second kappa shape index (κ2) is 6.89. The van der Waals surface area contributed by atoms with Crippen LogP contribution in [0.4, 0.5) is 5.95 Å². The number of hydrogen-bond acceptors (Lipinski definition) is 4. The van der Waals surface area contributed by atoms with Crippen LogP contribution in [0.1, 0.15) is 17.7 Å². The van der Waals surface area contributed by atoms with Gasteiger partial charge in [0, 0.05) is 38.9 Å². The van der Waals surface area contributed by atoms with Crippen LogP contribution in [0.25, 0.3) is 0 Å². The van der Waals surface area contributed by atoms with Gasteiger partial charge in [-0.2, -0.15) is 0 Å². The van der Waals surface area contributed by atoms with E-state index in [-0.39, 0.29) is 0 Å². The Kier molecular flexibility index (Phi) is 4.92. The van der Waals surface area contributed by atoms with Gasteiger partial charge in [-0.1, -0.05) is 6.07 Å². The van der Waals surface area contributed by atoms with Crippen molar-refractivity contribution in [3.05, 3.63) is 42.0 Å². The van der Waals surface area contributed by atoms with Gasteiger partial charge in [-0.15, -0.1) is 0 Å². The number of nitrogens with one attached hydrogen (secondary N) is 1. The summed E-state index contributed by atoms with van der Waals surface area (Å²) in [6.07, 6.45) is 6.68. The van der Waals surface area contributed by atoms with E-state index in [2.05, 4.69) is 25.9 Å². The Hall–Kier alpha value is -1.88. The van der Waals surface area contributed by atoms with Crippen molar-refractivity contribution < 1.29 is 4.74 Å². The van der Waals surface area contributed by atoms with Crippen LogP contribution >= 0.6 is 0 Å². The fourth-order valence-corrected chi connectivity index (χ4v) is 1.91. The van der Waals surface area contributed by atoms with E-state index in [1.54, 1.807) is 13.3 Å². The lowest BCUT2D eigenvalue weighted by molar-refractivity contribution is 0.197. The summed E-state index contributed by atoms with van der Waals surface area (Å²) < 4.78 is 7.15. The molecule has 0 aliphatic rings. The number of pyridine rings is 1. The highest BCUT2D eigenvalue weighted by molar-refractivity contribution is 5.30. The van der Waals surface area contributed by atoms with Crippen LogP contribution in [-0.4, -0.2) is 34.8 Å². The summed E-state index contributed by atoms with van der Waals surface area (Å²) in [4.78, 5) is 8.63. The third-order valence-electron chi connectivity index (χ3n) is 2.78. The van der Waals surface area contributed by atoms with Gasteiger partial charge in [0.15, 0.2) is 0 Å². The number of anilines is 1. The Balaban J connectivity index is 2.00. The van der Waals surface area contributed by atoms with Crippen molar-refractivity contribution in [3.8, 4) is 0 Å². The Morgan fingerprint density at radius 3 is 3.05 bits per heavy atom. The summed E-state index contributed by atoms with van der Waals surface area (Å²) in [6, 6.07) is 4.02. The number of imidazole rings is 1. The third-order valence-corrected chi connectivity index (χ3v) is 2.78. The molecule has 2 rings (SSSR count). The maximum Gasteiger partial charge on any atom is 0.203 e. The molecule has 1 N–H and O–H groups in total. The van der Waals surface area contributed by atoms with Crippen LogP contribution in [-0.2, 0) is 11.3 Å². The molecule has 0 unspecified atom stereocenters. The molecule has 0 spiro atoms. The first kappa shape index (κ1) is 13.5. The fraction of sp³-hybridized carbons (Fsp3) is 0.429. The Labute approximate surface area is 113 Å². The van der Waals surface area contributed by atoms with E-state index >= 15 is 0 Å². The highest BCUT2D eigenvalue weighted by Crippen LogP contribution is 2.11. The molecule has 0 aliphatic heterocycles. The predicted octanol–water partition coefficient (Wildman–Crippen LogP) is 2.08. The van der Waals surface area contributed by atoms with E-state index in [4.69, 9.17) is 4.74 Å². The van der Waals surface area contributed by atoms with Gasteiger partial charge in [0.05, 0.1) is 12.2 Å². The number of aromatic nitrogens is 3. The fourth-order valence-electron chi connectivity index (χ4n) is 1.91. The van der Waals surface area contributed by atoms with Gasteiger partial charge in [-0.3, -0.25) is 4.98 Å². The van der Waals surface area contributed by atoms with E-state index in [0.29, 0.717) is 0 Å². The van der Waals surface area contributed by atoms with Crippen molar-refractivity contribution in [1.82, 2.24) is 14.5 Å². The van der Waals surface area contributed by atoms with Crippen molar-refractivity contribution >= 4 is 5.95 Å². The molecular weight excluding hydrogens is 240 g/mol. The van der Waals surface area contributed by atoms with Gasteiger partial charge in [-0.25, -0.2) is 4.98 Å². The Morgan fingerprint density at radius 1 is 1.42 bits per heavy atom. The summed E-state index contributed by atoms with van der Waals surface area (Å²) in [6.45, 7) is 4.40. The lowest BCUT2D eigenvalue weighted by Crippen LogP contribution is -2.10. The van der Waals surface area contributed by atoms with Gasteiger partial charge >= 0.3 is 0 Å². The first-order valence-electron chi connectivity index (χ1n) is 6.45. The molecule has 0 amide bonds. The zero-order chi connectivity index (χ0) is 13.5. The molecule has 5 heteroatoms. The highest BCUT2D eigenvalue weighted by atomic mass is 16.5. The third kappa shape index (κ3) is 4.06. The van der Waals surface area contributed by atoms with E-state index in [1.165, 1.54) is 5.56 Å². The first-order valence-corrected chi connectivity index (χ1v) is 6.45. The van der Waals surface area contributed by atoms with Gasteiger partial charge < -0.3 is 14.6 Å². The van der Waals surface area contributed by atoms with Gasteiger partial charge in [0.25, 0.3) is 0 Å². The summed E-state index contributed by atoms with van der Waals surface area (Å²) in [5.41, 5.74) is 2.18. The quantitative estimate of drug-likeness (QED) is 0.774. The summed E-state index contributed by atoms with van der Waals surface area (Å²) >= 11 is 0. The molecule has 102 valence electrons. The molecule has 0 fully saturated rings. The normalized spacial score (nSPS) is 10.6. The highest BCUT2D eigenvalue weighted by Gasteiger charge is 2.05. The number of hydrogen-bond donors (Lipinski definition) is 1. The van der Waals surface area contributed by atoms with E-state index in [0.717, 1.165) is 37.8 Å². The van der Waals surface area contributed by atoms with E-state index < -0.39 is 0 Å². The number of ether oxygens (including phenoxy) is 1. The Bertz CT molecular complexity index is 495. The summed E-state index contributed by atoms with van der Waals surface area (Å²) in [5, 5.41) is 3.34. The average molecular weight is 260 g/mol. The molecule has 0 saturated carbocycles. The van der Waals surface area contributed by atoms with Gasteiger partial charge in [0.1, 0.15) is 0 Å². The molecule has 2 aromatic heterocycles. The molecule has 19 heavy (non-hydrogen) atoms. The molecule has 0 aromatic carbocycles. The minimum atomic E-state index is 0.759. The molecule has 2 heterocycles. The lowest BCUT2D eigenvalue weighted by atomic mass is 10.3. The van der Waals surface area contributed by atoms with Crippen LogP contribution < -0.4 is 5.32 Å². The molecule has 0 bridgehead atoms. The Morgan fingerprint density at radius 2 is 2.32 bits per heavy atom. The molecule has 0 radical (unpaired) electrons. The van der Waals surface area contributed by atoms with E-state index in [9.17, 15) is 0 Å². The van der Waals surface area contributed by atoms with Crippen molar-refractivity contribution in [2.24, 2.45) is 0 Å². The van der Waals surface area contributed by atoms with Crippen molar-refractivity contribution in [3.63, 3.8) is 0 Å². The topological polar surface area (TPSA) is 52.0 Å².